The van der Waals surface area contributed by atoms with E-state index in [1.54, 1.807) is 0 Å². The van der Waals surface area contributed by atoms with E-state index in [0.29, 0.717) is 6.61 Å². The fraction of sp³-hybridized carbons (Fsp3) is 0.846. The van der Waals surface area contributed by atoms with Crippen LogP contribution < -0.4 is 0 Å². The Morgan fingerprint density at radius 3 is 2.69 bits per heavy atom. The van der Waals surface area contributed by atoms with Gasteiger partial charge in [-0.2, -0.15) is 0 Å². The summed E-state index contributed by atoms with van der Waals surface area (Å²) in [7, 11) is 0. The molecule has 0 aromatic rings. The number of ether oxygens (including phenoxy) is 2. The van der Waals surface area contributed by atoms with Gasteiger partial charge >= 0.3 is 0 Å². The lowest BCUT2D eigenvalue weighted by molar-refractivity contribution is -0.133. The molecule has 16 heavy (non-hydrogen) atoms. The van der Waals surface area contributed by atoms with Crippen LogP contribution in [0.4, 0.5) is 0 Å². The largest absolute Gasteiger partial charge is 0.386 e. The summed E-state index contributed by atoms with van der Waals surface area (Å²) in [5.74, 6) is -0.496. The zero-order valence-corrected chi connectivity index (χ0v) is 10.8. The molecule has 1 aliphatic heterocycles. The van der Waals surface area contributed by atoms with Crippen LogP contribution in [0.1, 0.15) is 47.0 Å². The highest BCUT2D eigenvalue weighted by atomic mass is 16.7. The third kappa shape index (κ3) is 4.64. The summed E-state index contributed by atoms with van der Waals surface area (Å²) in [5.41, 5.74) is -0.730. The van der Waals surface area contributed by atoms with E-state index in [1.165, 1.54) is 0 Å². The van der Waals surface area contributed by atoms with Crippen molar-refractivity contribution in [3.63, 3.8) is 0 Å². The first-order valence-corrected chi connectivity index (χ1v) is 6.08. The van der Waals surface area contributed by atoms with Gasteiger partial charge in [0.1, 0.15) is 6.10 Å². The molecule has 0 aromatic carbocycles. The van der Waals surface area contributed by atoms with Crippen molar-refractivity contribution in [2.75, 3.05) is 6.61 Å². The Labute approximate surface area is 98.4 Å². The first-order valence-electron chi connectivity index (χ1n) is 6.08. The third-order valence-electron chi connectivity index (χ3n) is 2.74. The molecule has 3 heteroatoms. The maximum absolute atomic E-state index is 10.1. The number of rotatable bonds is 5. The van der Waals surface area contributed by atoms with Gasteiger partial charge in [-0.3, -0.25) is 0 Å². The Kier molecular flexibility index (Phi) is 4.53. The van der Waals surface area contributed by atoms with Crippen LogP contribution in [0.5, 0.6) is 0 Å². The van der Waals surface area contributed by atoms with Gasteiger partial charge in [-0.25, -0.2) is 0 Å². The van der Waals surface area contributed by atoms with Gasteiger partial charge in [0, 0.05) is 0 Å². The predicted octanol–water partition coefficient (Wildman–Crippen LogP) is 2.64. The first-order chi connectivity index (χ1) is 7.35. The molecule has 94 valence electrons. The minimum Gasteiger partial charge on any atom is -0.386 e. The van der Waals surface area contributed by atoms with Crippen molar-refractivity contribution in [3.8, 4) is 0 Å². The fourth-order valence-electron chi connectivity index (χ4n) is 1.74. The van der Waals surface area contributed by atoms with Crippen molar-refractivity contribution < 1.29 is 14.6 Å². The number of hydrogen-bond donors (Lipinski definition) is 1. The van der Waals surface area contributed by atoms with Gasteiger partial charge in [-0.1, -0.05) is 31.9 Å². The van der Waals surface area contributed by atoms with Gasteiger partial charge < -0.3 is 14.6 Å². The zero-order chi connectivity index (χ0) is 12.2. The molecule has 0 spiro atoms. The Morgan fingerprint density at radius 2 is 2.19 bits per heavy atom. The van der Waals surface area contributed by atoms with Crippen molar-refractivity contribution in [2.24, 2.45) is 0 Å². The van der Waals surface area contributed by atoms with E-state index < -0.39 is 11.4 Å². The second-order valence-corrected chi connectivity index (χ2v) is 5.19. The highest BCUT2D eigenvalue weighted by Gasteiger charge is 2.31. The molecule has 1 heterocycles. The summed E-state index contributed by atoms with van der Waals surface area (Å²) < 4.78 is 11.1. The molecule has 1 saturated heterocycles. The summed E-state index contributed by atoms with van der Waals surface area (Å²) in [6.45, 7) is 8.32. The fourth-order valence-corrected chi connectivity index (χ4v) is 1.74. The van der Waals surface area contributed by atoms with Crippen LogP contribution in [-0.4, -0.2) is 29.2 Å². The van der Waals surface area contributed by atoms with Gasteiger partial charge in [0.05, 0.1) is 12.2 Å². The standard InChI is InChI=1S/C13H24O3/c1-5-6-8-13(4,14)9-7-11-10-15-12(2,3)16-11/h7,9,11,14H,5-6,8,10H2,1-4H3. The Morgan fingerprint density at radius 1 is 1.50 bits per heavy atom. The van der Waals surface area contributed by atoms with E-state index in [9.17, 15) is 5.11 Å². The first kappa shape index (κ1) is 13.7. The second kappa shape index (κ2) is 5.30. The van der Waals surface area contributed by atoms with Crippen molar-refractivity contribution in [3.05, 3.63) is 12.2 Å². The molecule has 0 aromatic heterocycles. The van der Waals surface area contributed by atoms with Gasteiger partial charge in [0.2, 0.25) is 0 Å². The van der Waals surface area contributed by atoms with Crippen molar-refractivity contribution in [1.29, 1.82) is 0 Å². The van der Waals surface area contributed by atoms with Gasteiger partial charge in [0.15, 0.2) is 5.79 Å². The van der Waals surface area contributed by atoms with E-state index in [4.69, 9.17) is 9.47 Å². The van der Waals surface area contributed by atoms with Crippen LogP contribution in [0, 0.1) is 0 Å². The van der Waals surface area contributed by atoms with Gasteiger partial charge in [0.25, 0.3) is 0 Å². The van der Waals surface area contributed by atoms with Crippen LogP contribution in [0.25, 0.3) is 0 Å². The summed E-state index contributed by atoms with van der Waals surface area (Å²) in [5, 5.41) is 10.1. The van der Waals surface area contributed by atoms with Crippen LogP contribution in [-0.2, 0) is 9.47 Å². The SMILES string of the molecule is CCCCC(C)(O)C=CC1COC(C)(C)O1. The van der Waals surface area contributed by atoms with Crippen molar-refractivity contribution in [2.45, 2.75) is 64.4 Å². The average Bonchev–Trinajstić information content (AvgIpc) is 2.53. The molecule has 1 rings (SSSR count). The summed E-state index contributed by atoms with van der Waals surface area (Å²) in [4.78, 5) is 0. The lowest BCUT2D eigenvalue weighted by atomic mass is 9.98. The normalized spacial score (nSPS) is 28.4. The van der Waals surface area contributed by atoms with E-state index in [1.807, 2.05) is 32.9 Å². The van der Waals surface area contributed by atoms with Crippen molar-refractivity contribution >= 4 is 0 Å². The topological polar surface area (TPSA) is 38.7 Å². The molecule has 0 bridgehead atoms. The predicted molar refractivity (Wildman–Crippen MR) is 64.2 cm³/mol. The molecule has 2 atom stereocenters. The van der Waals surface area contributed by atoms with E-state index in [2.05, 4.69) is 6.92 Å². The smallest absolute Gasteiger partial charge is 0.163 e. The molecule has 2 unspecified atom stereocenters. The van der Waals surface area contributed by atoms with Gasteiger partial charge in [-0.05, 0) is 27.2 Å². The number of aliphatic hydroxyl groups is 1. The van der Waals surface area contributed by atoms with Crippen LogP contribution in [0.2, 0.25) is 0 Å². The highest BCUT2D eigenvalue weighted by Crippen LogP contribution is 2.24. The molecular weight excluding hydrogens is 204 g/mol. The Hall–Kier alpha value is -0.380. The van der Waals surface area contributed by atoms with Crippen LogP contribution in [0.3, 0.4) is 0 Å². The molecule has 0 radical (unpaired) electrons. The number of hydrogen-bond acceptors (Lipinski definition) is 3. The minimum absolute atomic E-state index is 0.0388. The molecular formula is C13H24O3. The molecule has 0 amide bonds. The summed E-state index contributed by atoms with van der Waals surface area (Å²) in [6, 6.07) is 0. The Balaban J connectivity index is 2.41. The van der Waals surface area contributed by atoms with E-state index in [0.717, 1.165) is 19.3 Å². The molecule has 1 N–H and O–H groups in total. The second-order valence-electron chi connectivity index (χ2n) is 5.19. The number of unbranched alkanes of at least 4 members (excludes halogenated alkanes) is 1. The quantitative estimate of drug-likeness (QED) is 0.735. The molecule has 3 nitrogen and oxygen atoms in total. The van der Waals surface area contributed by atoms with Gasteiger partial charge in [-0.15, -0.1) is 0 Å². The molecule has 1 fully saturated rings. The molecule has 1 aliphatic rings. The zero-order valence-electron chi connectivity index (χ0n) is 10.8. The maximum Gasteiger partial charge on any atom is 0.163 e. The molecule has 0 aliphatic carbocycles. The Bertz CT molecular complexity index is 244. The summed E-state index contributed by atoms with van der Waals surface area (Å²) in [6.07, 6.45) is 6.62. The van der Waals surface area contributed by atoms with Crippen LogP contribution >= 0.6 is 0 Å². The molecule has 0 saturated carbocycles. The minimum atomic E-state index is -0.730. The highest BCUT2D eigenvalue weighted by molar-refractivity contribution is 5.02. The van der Waals surface area contributed by atoms with Crippen molar-refractivity contribution in [1.82, 2.24) is 0 Å². The van der Waals surface area contributed by atoms with Crippen LogP contribution in [0.15, 0.2) is 12.2 Å². The lowest BCUT2D eigenvalue weighted by Crippen LogP contribution is -2.23. The average molecular weight is 228 g/mol. The monoisotopic (exact) mass is 228 g/mol. The van der Waals surface area contributed by atoms with E-state index >= 15 is 0 Å². The van der Waals surface area contributed by atoms with E-state index in [-0.39, 0.29) is 6.10 Å². The lowest BCUT2D eigenvalue weighted by Gasteiger charge is -2.19. The third-order valence-corrected chi connectivity index (χ3v) is 2.74. The summed E-state index contributed by atoms with van der Waals surface area (Å²) >= 11 is 0. The maximum atomic E-state index is 10.1.